The van der Waals surface area contributed by atoms with Gasteiger partial charge in [0, 0.05) is 43.2 Å². The summed E-state index contributed by atoms with van der Waals surface area (Å²) in [6.07, 6.45) is 2.75. The summed E-state index contributed by atoms with van der Waals surface area (Å²) in [5.74, 6) is 0.0493. The third-order valence-electron chi connectivity index (χ3n) is 4.27. The van der Waals surface area contributed by atoms with Crippen LogP contribution in [-0.4, -0.2) is 28.4 Å². The number of carbonyl (C=O) groups excluding carboxylic acids is 1. The lowest BCUT2D eigenvalue weighted by molar-refractivity contribution is -0.129. The predicted octanol–water partition coefficient (Wildman–Crippen LogP) is 3.09. The van der Waals surface area contributed by atoms with Crippen molar-refractivity contribution in [3.63, 3.8) is 0 Å². The summed E-state index contributed by atoms with van der Waals surface area (Å²) in [6.45, 7) is 2.74. The molecule has 1 unspecified atom stereocenters. The minimum absolute atomic E-state index is 0.0493. The monoisotopic (exact) mass is 321 g/mol. The lowest BCUT2D eigenvalue weighted by Gasteiger charge is -2.25. The van der Waals surface area contributed by atoms with E-state index in [1.165, 1.54) is 10.9 Å². The average molecular weight is 321 g/mol. The molecule has 0 aliphatic rings. The number of H-pyrrole nitrogens is 1. The van der Waals surface area contributed by atoms with Gasteiger partial charge in [0.15, 0.2) is 0 Å². The first-order valence-electron chi connectivity index (χ1n) is 8.23. The molecule has 0 aliphatic carbocycles. The van der Waals surface area contributed by atoms with Gasteiger partial charge in [-0.25, -0.2) is 0 Å². The van der Waals surface area contributed by atoms with Crippen molar-refractivity contribution in [1.29, 1.82) is 0 Å². The highest BCUT2D eigenvalue weighted by Crippen LogP contribution is 2.19. The van der Waals surface area contributed by atoms with Crippen molar-refractivity contribution in [2.45, 2.75) is 25.9 Å². The number of nitrogens with two attached hydrogens (primary N) is 1. The molecule has 0 radical (unpaired) electrons. The molecule has 3 rings (SSSR count). The summed E-state index contributed by atoms with van der Waals surface area (Å²) in [5, 5.41) is 1.20. The van der Waals surface area contributed by atoms with Crippen LogP contribution in [0, 0.1) is 0 Å². The molecule has 3 N–H and O–H groups in total. The van der Waals surface area contributed by atoms with Gasteiger partial charge in [0.2, 0.25) is 5.91 Å². The number of rotatable bonds is 6. The highest BCUT2D eigenvalue weighted by molar-refractivity contribution is 5.83. The van der Waals surface area contributed by atoms with Crippen molar-refractivity contribution < 1.29 is 4.79 Å². The number of aromatic nitrogens is 1. The van der Waals surface area contributed by atoms with Gasteiger partial charge in [-0.3, -0.25) is 4.79 Å². The Morgan fingerprint density at radius 2 is 1.83 bits per heavy atom. The SMILES string of the molecule is CC(=O)N(Cc1ccccc1)CC(N)Cc1c[nH]c2ccccc12. The van der Waals surface area contributed by atoms with E-state index in [-0.39, 0.29) is 11.9 Å². The zero-order valence-electron chi connectivity index (χ0n) is 13.9. The normalized spacial score (nSPS) is 12.2. The van der Waals surface area contributed by atoms with Crippen molar-refractivity contribution in [1.82, 2.24) is 9.88 Å². The Kier molecular flexibility index (Phi) is 4.96. The number of carbonyl (C=O) groups is 1. The van der Waals surface area contributed by atoms with Crippen LogP contribution in [0.1, 0.15) is 18.1 Å². The molecule has 3 aromatic rings. The van der Waals surface area contributed by atoms with Gasteiger partial charge in [0.05, 0.1) is 0 Å². The maximum Gasteiger partial charge on any atom is 0.219 e. The van der Waals surface area contributed by atoms with Crippen LogP contribution in [0.4, 0.5) is 0 Å². The number of hydrogen-bond donors (Lipinski definition) is 2. The van der Waals surface area contributed by atoms with E-state index >= 15 is 0 Å². The summed E-state index contributed by atoms with van der Waals surface area (Å²) in [4.78, 5) is 17.1. The Balaban J connectivity index is 1.67. The fourth-order valence-corrected chi connectivity index (χ4v) is 3.04. The molecule has 0 fully saturated rings. The third-order valence-corrected chi connectivity index (χ3v) is 4.27. The molecule has 0 spiro atoms. The van der Waals surface area contributed by atoms with Crippen molar-refractivity contribution in [2.75, 3.05) is 6.54 Å². The zero-order valence-corrected chi connectivity index (χ0v) is 13.9. The Hall–Kier alpha value is -2.59. The minimum atomic E-state index is -0.100. The van der Waals surface area contributed by atoms with E-state index in [2.05, 4.69) is 17.1 Å². The first-order valence-corrected chi connectivity index (χ1v) is 8.23. The van der Waals surface area contributed by atoms with E-state index in [9.17, 15) is 4.79 Å². The van der Waals surface area contributed by atoms with Gasteiger partial charge in [0.1, 0.15) is 0 Å². The number of aromatic amines is 1. The van der Waals surface area contributed by atoms with Gasteiger partial charge in [-0.1, -0.05) is 48.5 Å². The van der Waals surface area contributed by atoms with E-state index < -0.39 is 0 Å². The predicted molar refractivity (Wildman–Crippen MR) is 97.5 cm³/mol. The van der Waals surface area contributed by atoms with Crippen LogP contribution in [0.2, 0.25) is 0 Å². The third kappa shape index (κ3) is 3.84. The molecular formula is C20H23N3O. The summed E-state index contributed by atoms with van der Waals surface area (Å²) < 4.78 is 0. The highest BCUT2D eigenvalue weighted by Gasteiger charge is 2.15. The number of para-hydroxylation sites is 1. The molecule has 24 heavy (non-hydrogen) atoms. The second-order valence-corrected chi connectivity index (χ2v) is 6.21. The number of amides is 1. The summed E-state index contributed by atoms with van der Waals surface area (Å²) in [6, 6.07) is 18.1. The molecule has 4 nitrogen and oxygen atoms in total. The molecule has 0 saturated carbocycles. The summed E-state index contributed by atoms with van der Waals surface area (Å²) in [7, 11) is 0. The molecule has 1 atom stereocenters. The smallest absolute Gasteiger partial charge is 0.219 e. The molecule has 0 saturated heterocycles. The van der Waals surface area contributed by atoms with E-state index in [1.807, 2.05) is 53.6 Å². The maximum atomic E-state index is 12.0. The van der Waals surface area contributed by atoms with Crippen LogP contribution < -0.4 is 5.73 Å². The van der Waals surface area contributed by atoms with Crippen LogP contribution >= 0.6 is 0 Å². The molecule has 0 bridgehead atoms. The van der Waals surface area contributed by atoms with Gasteiger partial charge < -0.3 is 15.6 Å². The summed E-state index contributed by atoms with van der Waals surface area (Å²) in [5.41, 5.74) is 9.77. The van der Waals surface area contributed by atoms with Gasteiger partial charge in [-0.05, 0) is 23.6 Å². The molecule has 2 aromatic carbocycles. The fraction of sp³-hybridized carbons (Fsp3) is 0.250. The van der Waals surface area contributed by atoms with Gasteiger partial charge >= 0.3 is 0 Å². The molecule has 1 amide bonds. The molecule has 1 heterocycles. The summed E-state index contributed by atoms with van der Waals surface area (Å²) >= 11 is 0. The van der Waals surface area contributed by atoms with Crippen LogP contribution in [0.3, 0.4) is 0 Å². The number of nitrogens with one attached hydrogen (secondary N) is 1. The van der Waals surface area contributed by atoms with Crippen LogP contribution in [0.5, 0.6) is 0 Å². The Labute approximate surface area is 142 Å². The fourth-order valence-electron chi connectivity index (χ4n) is 3.04. The van der Waals surface area contributed by atoms with E-state index in [0.29, 0.717) is 13.1 Å². The number of benzene rings is 2. The first-order chi connectivity index (χ1) is 11.6. The first kappa shape index (κ1) is 16.3. The van der Waals surface area contributed by atoms with E-state index in [1.54, 1.807) is 6.92 Å². The molecule has 4 heteroatoms. The van der Waals surface area contributed by atoms with Gasteiger partial charge in [-0.2, -0.15) is 0 Å². The zero-order chi connectivity index (χ0) is 16.9. The quantitative estimate of drug-likeness (QED) is 0.733. The number of hydrogen-bond acceptors (Lipinski definition) is 2. The Morgan fingerprint density at radius 1 is 1.12 bits per heavy atom. The molecule has 1 aromatic heterocycles. The minimum Gasteiger partial charge on any atom is -0.361 e. The van der Waals surface area contributed by atoms with Crippen LogP contribution in [0.25, 0.3) is 10.9 Å². The second-order valence-electron chi connectivity index (χ2n) is 6.21. The van der Waals surface area contributed by atoms with Crippen molar-refractivity contribution in [3.05, 3.63) is 71.9 Å². The lowest BCUT2D eigenvalue weighted by atomic mass is 10.0. The van der Waals surface area contributed by atoms with Crippen molar-refractivity contribution in [2.24, 2.45) is 5.73 Å². The van der Waals surface area contributed by atoms with E-state index in [4.69, 9.17) is 5.73 Å². The second kappa shape index (κ2) is 7.32. The standard InChI is InChI=1S/C20H23N3O/c1-15(24)23(13-16-7-3-2-4-8-16)14-18(21)11-17-12-22-20-10-6-5-9-19(17)20/h2-10,12,18,22H,11,13-14,21H2,1H3. The van der Waals surface area contributed by atoms with E-state index in [0.717, 1.165) is 17.5 Å². The number of fused-ring (bicyclic) bond motifs is 1. The largest absolute Gasteiger partial charge is 0.361 e. The Bertz CT molecular complexity index is 810. The Morgan fingerprint density at radius 3 is 2.58 bits per heavy atom. The molecular weight excluding hydrogens is 298 g/mol. The lowest BCUT2D eigenvalue weighted by Crippen LogP contribution is -2.40. The number of nitrogens with zero attached hydrogens (tertiary/aromatic N) is 1. The maximum absolute atomic E-state index is 12.0. The van der Waals surface area contributed by atoms with Gasteiger partial charge in [-0.15, -0.1) is 0 Å². The highest BCUT2D eigenvalue weighted by atomic mass is 16.2. The van der Waals surface area contributed by atoms with Crippen LogP contribution in [-0.2, 0) is 17.8 Å². The molecule has 124 valence electrons. The molecule has 0 aliphatic heterocycles. The van der Waals surface area contributed by atoms with Crippen molar-refractivity contribution in [3.8, 4) is 0 Å². The van der Waals surface area contributed by atoms with Crippen molar-refractivity contribution >= 4 is 16.8 Å². The van der Waals surface area contributed by atoms with Gasteiger partial charge in [0.25, 0.3) is 0 Å². The average Bonchev–Trinajstić information content (AvgIpc) is 2.98. The van der Waals surface area contributed by atoms with Crippen LogP contribution in [0.15, 0.2) is 60.8 Å². The topological polar surface area (TPSA) is 62.1 Å².